The number of rotatable bonds is 6. The maximum Gasteiger partial charge on any atom is 0.226 e. The fraction of sp³-hybridized carbons (Fsp3) is 0.278. The second kappa shape index (κ2) is 7.12. The van der Waals surface area contributed by atoms with E-state index in [9.17, 15) is 4.79 Å². The summed E-state index contributed by atoms with van der Waals surface area (Å²) in [6.07, 6.45) is 7.16. The molecule has 0 bridgehead atoms. The zero-order valence-electron chi connectivity index (χ0n) is 13.8. The number of aryl methyl sites for hydroxylation is 1. The molecule has 0 aromatic carbocycles. The molecule has 3 heterocycles. The van der Waals surface area contributed by atoms with E-state index >= 15 is 0 Å². The summed E-state index contributed by atoms with van der Waals surface area (Å²) in [6, 6.07) is 7.61. The van der Waals surface area contributed by atoms with Crippen LogP contribution in [-0.2, 0) is 11.2 Å². The lowest BCUT2D eigenvalue weighted by molar-refractivity contribution is -0.120. The Morgan fingerprint density at radius 3 is 3.00 bits per heavy atom. The molecule has 0 radical (unpaired) electrons. The summed E-state index contributed by atoms with van der Waals surface area (Å²) in [6.45, 7) is 4.35. The molecule has 0 saturated carbocycles. The predicted molar refractivity (Wildman–Crippen MR) is 91.0 cm³/mol. The number of ether oxygens (including phenoxy) is 1. The highest BCUT2D eigenvalue weighted by Gasteiger charge is 2.11. The second-order valence-corrected chi connectivity index (χ2v) is 5.73. The van der Waals surface area contributed by atoms with E-state index in [0.29, 0.717) is 12.3 Å². The van der Waals surface area contributed by atoms with Gasteiger partial charge in [0.05, 0.1) is 24.9 Å². The standard InChI is InChI=1S/C18H20N4O2/c1-13-5-4-8-22-15(11-21-18(13)22)9-17(23)20-10-14(2)24-16-6-3-7-19-12-16/h3-8,11-12,14H,9-10H2,1-2H3,(H,20,23). The first kappa shape index (κ1) is 16.0. The van der Waals surface area contributed by atoms with Crippen LogP contribution < -0.4 is 10.1 Å². The summed E-state index contributed by atoms with van der Waals surface area (Å²) in [5, 5.41) is 2.89. The zero-order chi connectivity index (χ0) is 16.9. The first-order valence-corrected chi connectivity index (χ1v) is 7.88. The lowest BCUT2D eigenvalue weighted by Gasteiger charge is -2.15. The van der Waals surface area contributed by atoms with Crippen LogP contribution in [0.1, 0.15) is 18.2 Å². The monoisotopic (exact) mass is 324 g/mol. The molecule has 124 valence electrons. The molecule has 1 unspecified atom stereocenters. The summed E-state index contributed by atoms with van der Waals surface area (Å²) in [5.41, 5.74) is 2.84. The highest BCUT2D eigenvalue weighted by atomic mass is 16.5. The Kier molecular flexibility index (Phi) is 4.74. The summed E-state index contributed by atoms with van der Waals surface area (Å²) >= 11 is 0. The van der Waals surface area contributed by atoms with E-state index in [2.05, 4.69) is 15.3 Å². The van der Waals surface area contributed by atoms with Gasteiger partial charge in [-0.05, 0) is 37.6 Å². The molecule has 1 atom stereocenters. The minimum Gasteiger partial charge on any atom is -0.487 e. The number of hydrogen-bond acceptors (Lipinski definition) is 4. The molecule has 3 aromatic heterocycles. The fourth-order valence-electron chi connectivity index (χ4n) is 2.51. The van der Waals surface area contributed by atoms with E-state index < -0.39 is 0 Å². The van der Waals surface area contributed by atoms with E-state index in [1.807, 2.05) is 48.7 Å². The van der Waals surface area contributed by atoms with Crippen molar-refractivity contribution in [1.29, 1.82) is 0 Å². The van der Waals surface area contributed by atoms with Crippen LogP contribution in [0.25, 0.3) is 5.65 Å². The Balaban J connectivity index is 1.54. The lowest BCUT2D eigenvalue weighted by Crippen LogP contribution is -2.34. The van der Waals surface area contributed by atoms with Crippen molar-refractivity contribution >= 4 is 11.6 Å². The van der Waals surface area contributed by atoms with Crippen LogP contribution in [0.3, 0.4) is 0 Å². The lowest BCUT2D eigenvalue weighted by atomic mass is 10.3. The number of pyridine rings is 2. The van der Waals surface area contributed by atoms with Crippen molar-refractivity contribution in [3.05, 3.63) is 60.3 Å². The Morgan fingerprint density at radius 1 is 1.33 bits per heavy atom. The van der Waals surface area contributed by atoms with Gasteiger partial charge in [0.1, 0.15) is 17.5 Å². The number of nitrogens with one attached hydrogen (secondary N) is 1. The normalized spacial score (nSPS) is 12.1. The number of imidazole rings is 1. The first-order chi connectivity index (χ1) is 11.6. The van der Waals surface area contributed by atoms with Gasteiger partial charge in [-0.3, -0.25) is 9.78 Å². The van der Waals surface area contributed by atoms with Gasteiger partial charge in [0.25, 0.3) is 0 Å². The minimum absolute atomic E-state index is 0.0556. The number of hydrogen-bond donors (Lipinski definition) is 1. The molecular weight excluding hydrogens is 304 g/mol. The topological polar surface area (TPSA) is 68.5 Å². The second-order valence-electron chi connectivity index (χ2n) is 5.73. The molecule has 1 N–H and O–H groups in total. The minimum atomic E-state index is -0.137. The van der Waals surface area contributed by atoms with Crippen molar-refractivity contribution in [2.75, 3.05) is 6.54 Å². The van der Waals surface area contributed by atoms with Gasteiger partial charge in [0.2, 0.25) is 5.91 Å². The molecule has 0 spiro atoms. The number of carbonyl (C=O) groups is 1. The maximum atomic E-state index is 12.2. The smallest absolute Gasteiger partial charge is 0.226 e. The number of amides is 1. The van der Waals surface area contributed by atoms with Crippen LogP contribution in [0.15, 0.2) is 49.1 Å². The van der Waals surface area contributed by atoms with E-state index in [1.165, 1.54) is 0 Å². The van der Waals surface area contributed by atoms with Gasteiger partial charge < -0.3 is 14.5 Å². The molecule has 1 amide bonds. The third kappa shape index (κ3) is 3.71. The first-order valence-electron chi connectivity index (χ1n) is 7.88. The van der Waals surface area contributed by atoms with Gasteiger partial charge >= 0.3 is 0 Å². The van der Waals surface area contributed by atoms with E-state index in [1.54, 1.807) is 18.6 Å². The van der Waals surface area contributed by atoms with Crippen molar-refractivity contribution < 1.29 is 9.53 Å². The van der Waals surface area contributed by atoms with Crippen molar-refractivity contribution in [2.24, 2.45) is 0 Å². The molecule has 6 nitrogen and oxygen atoms in total. The predicted octanol–water partition coefficient (Wildman–Crippen LogP) is 2.16. The third-order valence-corrected chi connectivity index (χ3v) is 3.71. The van der Waals surface area contributed by atoms with Gasteiger partial charge in [-0.2, -0.15) is 0 Å². The van der Waals surface area contributed by atoms with Gasteiger partial charge in [0.15, 0.2) is 0 Å². The summed E-state index contributed by atoms with van der Waals surface area (Å²) in [7, 11) is 0. The van der Waals surface area contributed by atoms with Gasteiger partial charge in [-0.25, -0.2) is 4.98 Å². The molecule has 3 rings (SSSR count). The Hall–Kier alpha value is -2.89. The number of nitrogens with zero attached hydrogens (tertiary/aromatic N) is 3. The molecule has 0 saturated heterocycles. The van der Waals surface area contributed by atoms with Crippen molar-refractivity contribution in [2.45, 2.75) is 26.4 Å². The molecule has 3 aromatic rings. The van der Waals surface area contributed by atoms with Crippen LogP contribution in [-0.4, -0.2) is 32.9 Å². The maximum absolute atomic E-state index is 12.2. The van der Waals surface area contributed by atoms with Gasteiger partial charge in [-0.15, -0.1) is 0 Å². The fourth-order valence-corrected chi connectivity index (χ4v) is 2.51. The zero-order valence-corrected chi connectivity index (χ0v) is 13.8. The van der Waals surface area contributed by atoms with Crippen molar-refractivity contribution in [3.8, 4) is 5.75 Å². The average Bonchev–Trinajstić information content (AvgIpc) is 2.98. The number of carbonyl (C=O) groups excluding carboxylic acids is 1. The SMILES string of the molecule is Cc1cccn2c(CC(=O)NCC(C)Oc3cccnc3)cnc12. The Morgan fingerprint density at radius 2 is 2.21 bits per heavy atom. The van der Waals surface area contributed by atoms with Gasteiger partial charge in [-0.1, -0.05) is 6.07 Å². The van der Waals surface area contributed by atoms with Crippen LogP contribution in [0.5, 0.6) is 5.75 Å². The third-order valence-electron chi connectivity index (χ3n) is 3.71. The Bertz CT molecular complexity index is 829. The Labute approximate surface area is 140 Å². The quantitative estimate of drug-likeness (QED) is 0.754. The van der Waals surface area contributed by atoms with Crippen molar-refractivity contribution in [3.63, 3.8) is 0 Å². The number of fused-ring (bicyclic) bond motifs is 1. The van der Waals surface area contributed by atoms with E-state index in [0.717, 1.165) is 16.9 Å². The summed E-state index contributed by atoms with van der Waals surface area (Å²) < 4.78 is 7.64. The van der Waals surface area contributed by atoms with E-state index in [-0.39, 0.29) is 18.4 Å². The van der Waals surface area contributed by atoms with Crippen LogP contribution in [0.4, 0.5) is 0 Å². The highest BCUT2D eigenvalue weighted by molar-refractivity contribution is 5.78. The molecule has 0 fully saturated rings. The summed E-state index contributed by atoms with van der Waals surface area (Å²) in [5.74, 6) is 0.636. The summed E-state index contributed by atoms with van der Waals surface area (Å²) in [4.78, 5) is 20.5. The van der Waals surface area contributed by atoms with Crippen molar-refractivity contribution in [1.82, 2.24) is 19.7 Å². The average molecular weight is 324 g/mol. The van der Waals surface area contributed by atoms with Crippen LogP contribution >= 0.6 is 0 Å². The largest absolute Gasteiger partial charge is 0.487 e. The van der Waals surface area contributed by atoms with E-state index in [4.69, 9.17) is 4.74 Å². The van der Waals surface area contributed by atoms with Crippen LogP contribution in [0, 0.1) is 6.92 Å². The molecular formula is C18H20N4O2. The number of aromatic nitrogens is 3. The van der Waals surface area contributed by atoms with Crippen LogP contribution in [0.2, 0.25) is 0 Å². The molecule has 0 aliphatic rings. The van der Waals surface area contributed by atoms with Gasteiger partial charge in [0, 0.05) is 18.6 Å². The molecule has 0 aliphatic carbocycles. The highest BCUT2D eigenvalue weighted by Crippen LogP contribution is 2.12. The molecule has 24 heavy (non-hydrogen) atoms. The molecule has 6 heteroatoms. The molecule has 0 aliphatic heterocycles.